The van der Waals surface area contributed by atoms with Gasteiger partial charge in [-0.15, -0.1) is 0 Å². The largest absolute Gasteiger partial charge is 0.309 e. The van der Waals surface area contributed by atoms with Crippen molar-refractivity contribution in [1.82, 2.24) is 9.13 Å². The number of rotatable bonds is 6. The topological polar surface area (TPSA) is 9.86 Å². The number of para-hydroxylation sites is 3. The Hall–Kier alpha value is -6.90. The van der Waals surface area contributed by atoms with Crippen LogP contribution in [0.4, 0.5) is 0 Å². The van der Waals surface area contributed by atoms with E-state index in [0.29, 0.717) is 11.8 Å². The van der Waals surface area contributed by atoms with E-state index in [9.17, 15) is 0 Å². The molecular weight excluding hydrogens is 749 g/mol. The molecule has 6 aromatic carbocycles. The zero-order chi connectivity index (χ0) is 42.3. The number of allylic oxidation sites excluding steroid dienone is 9. The van der Waals surface area contributed by atoms with Crippen LogP contribution in [0.3, 0.4) is 0 Å². The first-order valence-electron chi connectivity index (χ1n) is 22.3. The summed E-state index contributed by atoms with van der Waals surface area (Å²) in [4.78, 5) is 0. The van der Waals surface area contributed by atoms with Gasteiger partial charge in [0.05, 0.1) is 21.9 Å². The molecule has 302 valence electrons. The lowest BCUT2D eigenvalue weighted by molar-refractivity contribution is 0.643. The van der Waals surface area contributed by atoms with Crippen LogP contribution in [-0.2, 0) is 5.41 Å². The minimum Gasteiger partial charge on any atom is -0.309 e. The fraction of sp³-hybridized carbons (Fsp3) is 0.167. The third kappa shape index (κ3) is 5.92. The Bertz CT molecular complexity index is 3410. The number of fused-ring (bicyclic) bond motifs is 6. The van der Waals surface area contributed by atoms with Crippen molar-refractivity contribution in [2.45, 2.75) is 52.9 Å². The molecular formula is C60H52N2. The molecule has 8 aromatic rings. The number of aryl methyl sites for hydroxylation is 1. The summed E-state index contributed by atoms with van der Waals surface area (Å²) in [5, 5.41) is 6.20. The van der Waals surface area contributed by atoms with Gasteiger partial charge in [0, 0.05) is 38.2 Å². The lowest BCUT2D eigenvalue weighted by Gasteiger charge is -2.25. The number of nitrogens with zero attached hydrogens (tertiary/aromatic N) is 2. The van der Waals surface area contributed by atoms with Crippen LogP contribution in [0.2, 0.25) is 0 Å². The van der Waals surface area contributed by atoms with Crippen LogP contribution in [0.15, 0.2) is 182 Å². The molecule has 0 saturated carbocycles. The van der Waals surface area contributed by atoms with Gasteiger partial charge < -0.3 is 9.13 Å². The first-order valence-corrected chi connectivity index (χ1v) is 22.3. The standard InChI is InChI=1S/C60H52N2/c1-7-17-55-49(46-23-14-15-25-56(46)61(55)44-19-10-8-11-20-44)33-41-28-26-38(2)47(32-41)48-34-42(29-27-39(48)3)43-30-31-57-50(35-43)51-36-52-54(37-58(51)62(57)45-21-12-9-13-22-45)60(5,6)53-24-16-18-40(4)59(52)53/h7-17,19-25,27-38,40H,1,18,26H2,2-6H3/b49-33-,55-17+. The quantitative estimate of drug-likeness (QED) is 0.159. The molecule has 62 heavy (non-hydrogen) atoms. The Morgan fingerprint density at radius 2 is 1.32 bits per heavy atom. The molecule has 0 bridgehead atoms. The van der Waals surface area contributed by atoms with Crippen molar-refractivity contribution >= 4 is 56.0 Å². The number of hydrogen-bond donors (Lipinski definition) is 0. The van der Waals surface area contributed by atoms with Crippen LogP contribution in [0.5, 0.6) is 0 Å². The maximum Gasteiger partial charge on any atom is 0.0544 e. The van der Waals surface area contributed by atoms with E-state index in [0.717, 1.165) is 23.9 Å². The zero-order valence-corrected chi connectivity index (χ0v) is 36.4. The Morgan fingerprint density at radius 3 is 2.10 bits per heavy atom. The molecule has 2 unspecified atom stereocenters. The van der Waals surface area contributed by atoms with E-state index in [1.807, 2.05) is 6.08 Å². The first kappa shape index (κ1) is 38.1. The molecule has 3 aliphatic rings. The molecule has 0 amide bonds. The third-order valence-electron chi connectivity index (χ3n) is 14.1. The van der Waals surface area contributed by atoms with Gasteiger partial charge in [-0.1, -0.05) is 137 Å². The summed E-state index contributed by atoms with van der Waals surface area (Å²) >= 11 is 0. The zero-order valence-electron chi connectivity index (χ0n) is 36.4. The Labute approximate surface area is 365 Å². The summed E-state index contributed by atoms with van der Waals surface area (Å²) in [6.45, 7) is 16.0. The SMILES string of the molecule is C=C/C=c1\c(=C/C2=CCC(C)C(c3cc(-c4ccc5c(c4)c4cc6c(cc4n5-c4ccccc4)C(C)(C)C4=C6C(C)CC=C4)ccc3C)=C2)c2ccccc2n1-c1ccccc1. The second-order valence-electron chi connectivity index (χ2n) is 18.3. The fourth-order valence-corrected chi connectivity index (χ4v) is 10.9. The van der Waals surface area contributed by atoms with Crippen LogP contribution in [0.1, 0.15) is 62.8 Å². The van der Waals surface area contributed by atoms with Crippen molar-refractivity contribution in [3.8, 4) is 22.5 Å². The van der Waals surface area contributed by atoms with Crippen LogP contribution >= 0.6 is 0 Å². The van der Waals surface area contributed by atoms with Crippen LogP contribution in [-0.4, -0.2) is 9.13 Å². The second-order valence-corrected chi connectivity index (χ2v) is 18.3. The molecule has 11 rings (SSSR count). The van der Waals surface area contributed by atoms with Gasteiger partial charge in [-0.25, -0.2) is 0 Å². The fourth-order valence-electron chi connectivity index (χ4n) is 10.9. The average molecular weight is 801 g/mol. The average Bonchev–Trinajstić information content (AvgIpc) is 3.86. The number of hydrogen-bond acceptors (Lipinski definition) is 0. The van der Waals surface area contributed by atoms with Crippen molar-refractivity contribution in [3.63, 3.8) is 0 Å². The number of benzene rings is 6. The van der Waals surface area contributed by atoms with Crippen LogP contribution in [0.25, 0.3) is 78.5 Å². The highest BCUT2D eigenvalue weighted by molar-refractivity contribution is 6.12. The van der Waals surface area contributed by atoms with E-state index in [-0.39, 0.29) is 5.41 Å². The van der Waals surface area contributed by atoms with Gasteiger partial charge in [0.2, 0.25) is 0 Å². The van der Waals surface area contributed by atoms with Gasteiger partial charge in [0.1, 0.15) is 0 Å². The summed E-state index contributed by atoms with van der Waals surface area (Å²) in [5.74, 6) is 0.892. The van der Waals surface area contributed by atoms with Crippen LogP contribution < -0.4 is 10.6 Å². The Kier molecular flexibility index (Phi) is 8.98. The van der Waals surface area contributed by atoms with Gasteiger partial charge in [0.25, 0.3) is 0 Å². The maximum absolute atomic E-state index is 4.12. The highest BCUT2D eigenvalue weighted by Gasteiger charge is 2.40. The molecule has 0 spiro atoms. The smallest absolute Gasteiger partial charge is 0.0544 e. The minimum atomic E-state index is -0.0450. The van der Waals surface area contributed by atoms with E-state index in [2.05, 4.69) is 220 Å². The van der Waals surface area contributed by atoms with Crippen LogP contribution in [0, 0.1) is 18.8 Å². The van der Waals surface area contributed by atoms with Gasteiger partial charge >= 0.3 is 0 Å². The van der Waals surface area contributed by atoms with Gasteiger partial charge in [0.15, 0.2) is 0 Å². The summed E-state index contributed by atoms with van der Waals surface area (Å²) < 4.78 is 4.84. The van der Waals surface area contributed by atoms with Gasteiger partial charge in [-0.2, -0.15) is 0 Å². The molecule has 0 fully saturated rings. The molecule has 0 saturated heterocycles. The van der Waals surface area contributed by atoms with Crippen molar-refractivity contribution < 1.29 is 0 Å². The lowest BCUT2D eigenvalue weighted by atomic mass is 9.79. The minimum absolute atomic E-state index is 0.0450. The molecule has 3 aliphatic carbocycles. The predicted molar refractivity (Wildman–Crippen MR) is 265 cm³/mol. The Balaban J connectivity index is 1.05. The lowest BCUT2D eigenvalue weighted by Crippen LogP contribution is -2.28. The summed E-state index contributed by atoms with van der Waals surface area (Å²) in [6, 6.07) is 49.6. The first-order chi connectivity index (χ1) is 30.2. The normalized spacial score (nSPS) is 18.7. The molecule has 0 aliphatic heterocycles. The predicted octanol–water partition coefficient (Wildman–Crippen LogP) is 14.1. The molecule has 2 nitrogen and oxygen atoms in total. The van der Waals surface area contributed by atoms with Gasteiger partial charge in [-0.3, -0.25) is 0 Å². The molecule has 2 aromatic heterocycles. The summed E-state index contributed by atoms with van der Waals surface area (Å²) in [7, 11) is 0. The van der Waals surface area contributed by atoms with E-state index >= 15 is 0 Å². The molecule has 2 atom stereocenters. The highest BCUT2D eigenvalue weighted by Crippen LogP contribution is 2.53. The van der Waals surface area contributed by atoms with Crippen molar-refractivity contribution in [1.29, 1.82) is 0 Å². The van der Waals surface area contributed by atoms with E-state index in [1.54, 1.807) is 0 Å². The maximum atomic E-state index is 4.12. The van der Waals surface area contributed by atoms with Crippen molar-refractivity contribution in [2.24, 2.45) is 11.8 Å². The molecule has 2 heteroatoms. The van der Waals surface area contributed by atoms with E-state index in [4.69, 9.17) is 0 Å². The molecule has 2 heterocycles. The van der Waals surface area contributed by atoms with E-state index in [1.165, 1.54) is 99.3 Å². The summed E-state index contributed by atoms with van der Waals surface area (Å²) in [5.41, 5.74) is 19.6. The summed E-state index contributed by atoms with van der Waals surface area (Å²) in [6.07, 6.45) is 18.2. The Morgan fingerprint density at radius 1 is 0.645 bits per heavy atom. The second kappa shape index (κ2) is 14.6. The molecule has 0 N–H and O–H groups in total. The highest BCUT2D eigenvalue weighted by atomic mass is 15.0. The monoisotopic (exact) mass is 800 g/mol. The van der Waals surface area contributed by atoms with Crippen molar-refractivity contribution in [2.75, 3.05) is 0 Å². The molecule has 0 radical (unpaired) electrons. The van der Waals surface area contributed by atoms with Crippen molar-refractivity contribution in [3.05, 3.63) is 214 Å². The number of aromatic nitrogens is 2. The van der Waals surface area contributed by atoms with E-state index < -0.39 is 0 Å². The van der Waals surface area contributed by atoms with Gasteiger partial charge in [-0.05, 0) is 160 Å². The third-order valence-corrected chi connectivity index (χ3v) is 14.1.